The number of halogens is 1. The first-order valence-electron chi connectivity index (χ1n) is 6.27. The van der Waals surface area contributed by atoms with Crippen LogP contribution in [-0.4, -0.2) is 36.7 Å². The summed E-state index contributed by atoms with van der Waals surface area (Å²) in [4.78, 5) is 2.67. The van der Waals surface area contributed by atoms with Crippen molar-refractivity contribution in [3.63, 3.8) is 0 Å². The van der Waals surface area contributed by atoms with Crippen LogP contribution in [0, 0.1) is 12.7 Å². The van der Waals surface area contributed by atoms with Crippen molar-refractivity contribution in [2.45, 2.75) is 19.9 Å². The maximum absolute atomic E-state index is 13.3. The van der Waals surface area contributed by atoms with Crippen molar-refractivity contribution < 1.29 is 9.13 Å². The van der Waals surface area contributed by atoms with Crippen molar-refractivity contribution >= 4 is 17.2 Å². The van der Waals surface area contributed by atoms with Gasteiger partial charge in [0.15, 0.2) is 0 Å². The van der Waals surface area contributed by atoms with E-state index in [0.717, 1.165) is 24.2 Å². The monoisotopic (exact) mass is 284 g/mol. The van der Waals surface area contributed by atoms with Crippen LogP contribution in [0.2, 0.25) is 0 Å². The minimum Gasteiger partial charge on any atom is -0.393 e. The second-order valence-corrected chi connectivity index (χ2v) is 5.08. The minimum absolute atomic E-state index is 0.207. The third kappa shape index (κ3) is 6.09. The standard InChI is InChI=1S/C14H21FN2OS/c1-11-3-4-13(15)9-12(11)10-17(7-8-18-2)6-5-14(16)19/h3-4,9H,5-8,10H2,1-2H3,(H2,16,19). The number of nitrogens with two attached hydrogens (primary N) is 1. The largest absolute Gasteiger partial charge is 0.393 e. The lowest BCUT2D eigenvalue weighted by molar-refractivity contribution is 0.145. The lowest BCUT2D eigenvalue weighted by Gasteiger charge is -2.22. The maximum Gasteiger partial charge on any atom is 0.123 e. The highest BCUT2D eigenvalue weighted by Crippen LogP contribution is 2.13. The van der Waals surface area contributed by atoms with E-state index in [2.05, 4.69) is 4.90 Å². The number of hydrogen-bond donors (Lipinski definition) is 1. The number of thiocarbonyl (C=S) groups is 1. The number of nitrogens with zero attached hydrogens (tertiary/aromatic N) is 1. The van der Waals surface area contributed by atoms with Crippen LogP contribution in [0.15, 0.2) is 18.2 Å². The average molecular weight is 284 g/mol. The van der Waals surface area contributed by atoms with Crippen LogP contribution in [-0.2, 0) is 11.3 Å². The van der Waals surface area contributed by atoms with Gasteiger partial charge in [-0.2, -0.15) is 0 Å². The fourth-order valence-corrected chi connectivity index (χ4v) is 1.90. The Bertz CT molecular complexity index is 426. The van der Waals surface area contributed by atoms with Crippen LogP contribution in [0.4, 0.5) is 4.39 Å². The van der Waals surface area contributed by atoms with Crippen LogP contribution >= 0.6 is 12.2 Å². The van der Waals surface area contributed by atoms with Gasteiger partial charge in [0, 0.05) is 33.2 Å². The van der Waals surface area contributed by atoms with Crippen LogP contribution in [0.1, 0.15) is 17.5 Å². The molecule has 3 nitrogen and oxygen atoms in total. The van der Waals surface area contributed by atoms with Gasteiger partial charge < -0.3 is 10.5 Å². The molecule has 0 amide bonds. The average Bonchev–Trinajstić information content (AvgIpc) is 2.36. The molecule has 0 aliphatic rings. The zero-order valence-corrected chi connectivity index (χ0v) is 12.3. The van der Waals surface area contributed by atoms with E-state index in [-0.39, 0.29) is 5.82 Å². The van der Waals surface area contributed by atoms with E-state index in [1.54, 1.807) is 19.2 Å². The minimum atomic E-state index is -0.207. The predicted molar refractivity (Wildman–Crippen MR) is 79.7 cm³/mol. The van der Waals surface area contributed by atoms with Gasteiger partial charge in [-0.3, -0.25) is 4.90 Å². The highest BCUT2D eigenvalue weighted by atomic mass is 32.1. The summed E-state index contributed by atoms with van der Waals surface area (Å²) in [6, 6.07) is 4.86. The topological polar surface area (TPSA) is 38.5 Å². The number of benzene rings is 1. The molecule has 106 valence electrons. The molecule has 1 aromatic carbocycles. The fraction of sp³-hybridized carbons (Fsp3) is 0.500. The van der Waals surface area contributed by atoms with E-state index in [0.29, 0.717) is 24.6 Å². The summed E-state index contributed by atoms with van der Waals surface area (Å²) in [7, 11) is 1.67. The third-order valence-electron chi connectivity index (χ3n) is 2.99. The molecular formula is C14H21FN2OS. The van der Waals surface area contributed by atoms with Gasteiger partial charge in [0.2, 0.25) is 0 Å². The first-order valence-corrected chi connectivity index (χ1v) is 6.68. The molecule has 0 atom stereocenters. The molecular weight excluding hydrogens is 263 g/mol. The number of rotatable bonds is 8. The molecule has 0 spiro atoms. The zero-order chi connectivity index (χ0) is 14.3. The Balaban J connectivity index is 2.68. The summed E-state index contributed by atoms with van der Waals surface area (Å²) >= 11 is 4.90. The van der Waals surface area contributed by atoms with Gasteiger partial charge in [-0.05, 0) is 30.2 Å². The summed E-state index contributed by atoms with van der Waals surface area (Å²) in [6.07, 6.45) is 0.660. The van der Waals surface area contributed by atoms with E-state index < -0.39 is 0 Å². The van der Waals surface area contributed by atoms with Crippen LogP contribution in [0.5, 0.6) is 0 Å². The van der Waals surface area contributed by atoms with Crippen molar-refractivity contribution in [1.82, 2.24) is 4.90 Å². The second kappa shape index (κ2) is 8.19. The first kappa shape index (κ1) is 16.0. The van der Waals surface area contributed by atoms with E-state index in [1.165, 1.54) is 6.07 Å². The molecule has 0 aromatic heterocycles. The Labute approximate surface area is 119 Å². The van der Waals surface area contributed by atoms with Gasteiger partial charge in [-0.25, -0.2) is 4.39 Å². The molecule has 1 aromatic rings. The van der Waals surface area contributed by atoms with Gasteiger partial charge in [0.05, 0.1) is 11.6 Å². The highest BCUT2D eigenvalue weighted by Gasteiger charge is 2.09. The number of ether oxygens (including phenoxy) is 1. The van der Waals surface area contributed by atoms with E-state index >= 15 is 0 Å². The molecule has 0 bridgehead atoms. The molecule has 0 unspecified atom stereocenters. The summed E-state index contributed by atoms with van der Waals surface area (Å²) in [5, 5.41) is 0. The normalized spacial score (nSPS) is 10.9. The molecule has 2 N–H and O–H groups in total. The van der Waals surface area contributed by atoms with Crippen molar-refractivity contribution in [1.29, 1.82) is 0 Å². The number of hydrogen-bond acceptors (Lipinski definition) is 3. The van der Waals surface area contributed by atoms with E-state index in [9.17, 15) is 4.39 Å². The first-order chi connectivity index (χ1) is 9.02. The van der Waals surface area contributed by atoms with Crippen molar-refractivity contribution in [2.75, 3.05) is 26.8 Å². The molecule has 0 saturated heterocycles. The molecule has 1 rings (SSSR count). The lowest BCUT2D eigenvalue weighted by atomic mass is 10.1. The summed E-state index contributed by atoms with van der Waals surface area (Å²) in [5.74, 6) is -0.207. The Morgan fingerprint density at radius 3 is 2.79 bits per heavy atom. The molecule has 0 aliphatic carbocycles. The summed E-state index contributed by atoms with van der Waals surface area (Å²) in [5.41, 5.74) is 7.60. The zero-order valence-electron chi connectivity index (χ0n) is 11.5. The van der Waals surface area contributed by atoms with E-state index in [4.69, 9.17) is 22.7 Å². The molecule has 0 fully saturated rings. The predicted octanol–water partition coefficient (Wildman–Crippen LogP) is 2.26. The SMILES string of the molecule is COCCN(CCC(N)=S)Cc1cc(F)ccc1C. The second-order valence-electron chi connectivity index (χ2n) is 4.56. The van der Waals surface area contributed by atoms with Crippen molar-refractivity contribution in [3.05, 3.63) is 35.1 Å². The van der Waals surface area contributed by atoms with Crippen LogP contribution in [0.25, 0.3) is 0 Å². The summed E-state index contributed by atoms with van der Waals surface area (Å²) < 4.78 is 18.4. The Hall–Kier alpha value is -1.04. The molecule has 0 saturated carbocycles. The van der Waals surface area contributed by atoms with Crippen LogP contribution < -0.4 is 5.73 Å². The van der Waals surface area contributed by atoms with Gasteiger partial charge in [-0.15, -0.1) is 0 Å². The fourth-order valence-electron chi connectivity index (χ4n) is 1.81. The Kier molecular flexibility index (Phi) is 6.91. The molecule has 5 heteroatoms. The molecule has 0 heterocycles. The van der Waals surface area contributed by atoms with E-state index in [1.807, 2.05) is 6.92 Å². The van der Waals surface area contributed by atoms with Crippen molar-refractivity contribution in [3.8, 4) is 0 Å². The summed E-state index contributed by atoms with van der Waals surface area (Å²) in [6.45, 7) is 4.82. The third-order valence-corrected chi connectivity index (χ3v) is 3.20. The number of methoxy groups -OCH3 is 1. The Morgan fingerprint density at radius 2 is 2.16 bits per heavy atom. The van der Waals surface area contributed by atoms with Gasteiger partial charge in [0.25, 0.3) is 0 Å². The molecule has 0 radical (unpaired) electrons. The smallest absolute Gasteiger partial charge is 0.123 e. The Morgan fingerprint density at radius 1 is 1.42 bits per heavy atom. The lowest BCUT2D eigenvalue weighted by Crippen LogP contribution is -2.30. The van der Waals surface area contributed by atoms with Gasteiger partial charge >= 0.3 is 0 Å². The van der Waals surface area contributed by atoms with Crippen LogP contribution in [0.3, 0.4) is 0 Å². The quantitative estimate of drug-likeness (QED) is 0.743. The number of aryl methyl sites for hydroxylation is 1. The maximum atomic E-state index is 13.3. The molecule has 0 aliphatic heterocycles. The van der Waals surface area contributed by atoms with Gasteiger partial charge in [-0.1, -0.05) is 18.3 Å². The molecule has 19 heavy (non-hydrogen) atoms. The van der Waals surface area contributed by atoms with Gasteiger partial charge in [0.1, 0.15) is 5.82 Å². The van der Waals surface area contributed by atoms with Crippen molar-refractivity contribution in [2.24, 2.45) is 5.73 Å². The highest BCUT2D eigenvalue weighted by molar-refractivity contribution is 7.80.